The number of nitrogens with one attached hydrogen (secondary N) is 1. The molecular formula is C12H12BrN3O3S2. The molecule has 0 fully saturated rings. The van der Waals surface area contributed by atoms with E-state index in [1.54, 1.807) is 18.4 Å². The average molecular weight is 390 g/mol. The van der Waals surface area contributed by atoms with Gasteiger partial charge in [0.05, 0.1) is 15.6 Å². The number of benzene rings is 1. The van der Waals surface area contributed by atoms with E-state index in [0.29, 0.717) is 21.4 Å². The highest BCUT2D eigenvalue weighted by atomic mass is 79.9. The molecule has 0 aliphatic carbocycles. The van der Waals surface area contributed by atoms with Gasteiger partial charge in [-0.25, -0.2) is 18.5 Å². The molecule has 0 spiro atoms. The summed E-state index contributed by atoms with van der Waals surface area (Å²) in [6.07, 6.45) is 0. The lowest BCUT2D eigenvalue weighted by molar-refractivity contribution is 0.102. The molecule has 0 bridgehead atoms. The van der Waals surface area contributed by atoms with Gasteiger partial charge in [-0.1, -0.05) is 0 Å². The lowest BCUT2D eigenvalue weighted by Gasteiger charge is -2.10. The first-order chi connectivity index (χ1) is 9.68. The van der Waals surface area contributed by atoms with Crippen LogP contribution in [-0.4, -0.2) is 19.3 Å². The highest BCUT2D eigenvalue weighted by Crippen LogP contribution is 2.28. The number of hydrogen-bond acceptors (Lipinski definition) is 5. The van der Waals surface area contributed by atoms with Gasteiger partial charge in [-0.15, -0.1) is 11.3 Å². The van der Waals surface area contributed by atoms with Gasteiger partial charge in [0.2, 0.25) is 10.0 Å². The van der Waals surface area contributed by atoms with Crippen molar-refractivity contribution in [3.63, 3.8) is 0 Å². The number of rotatable bonds is 3. The number of carbonyl (C=O) groups is 1. The summed E-state index contributed by atoms with van der Waals surface area (Å²) < 4.78 is 23.3. The topological polar surface area (TPSA) is 102 Å². The second-order valence-corrected chi connectivity index (χ2v) is 7.79. The van der Waals surface area contributed by atoms with Crippen LogP contribution in [0.15, 0.2) is 26.9 Å². The number of anilines is 1. The SMILES string of the molecule is Cc1nc(C(=O)Nc2cc(C)c(S(N)(=O)=O)cc2Br)cs1. The Balaban J connectivity index is 2.34. The summed E-state index contributed by atoms with van der Waals surface area (Å²) >= 11 is 4.60. The first-order valence-electron chi connectivity index (χ1n) is 5.75. The van der Waals surface area contributed by atoms with Crippen molar-refractivity contribution in [3.8, 4) is 0 Å². The molecule has 0 aliphatic rings. The first-order valence-corrected chi connectivity index (χ1v) is 8.97. The minimum Gasteiger partial charge on any atom is -0.320 e. The second-order valence-electron chi connectivity index (χ2n) is 4.35. The predicted octanol–water partition coefficient (Wildman–Crippen LogP) is 2.42. The molecule has 0 atom stereocenters. The van der Waals surface area contributed by atoms with Gasteiger partial charge < -0.3 is 5.32 Å². The number of thiazole rings is 1. The van der Waals surface area contributed by atoms with E-state index in [9.17, 15) is 13.2 Å². The Morgan fingerprint density at radius 1 is 1.38 bits per heavy atom. The van der Waals surface area contributed by atoms with Crippen molar-refractivity contribution in [1.29, 1.82) is 0 Å². The molecule has 1 aromatic heterocycles. The van der Waals surface area contributed by atoms with Crippen LogP contribution < -0.4 is 10.5 Å². The van der Waals surface area contributed by atoms with Crippen LogP contribution in [0.2, 0.25) is 0 Å². The van der Waals surface area contributed by atoms with E-state index in [-0.39, 0.29) is 10.8 Å². The monoisotopic (exact) mass is 389 g/mol. The van der Waals surface area contributed by atoms with Gasteiger partial charge in [-0.05, 0) is 47.5 Å². The standard InChI is InChI=1S/C12H12BrN3O3S2/c1-6-3-9(8(13)4-11(6)21(14,18)19)16-12(17)10-5-20-7(2)15-10/h3-5H,1-2H3,(H,16,17)(H2,14,18,19). The summed E-state index contributed by atoms with van der Waals surface area (Å²) in [6, 6.07) is 2.91. The summed E-state index contributed by atoms with van der Waals surface area (Å²) in [5, 5.41) is 10.3. The highest BCUT2D eigenvalue weighted by molar-refractivity contribution is 9.10. The molecule has 2 rings (SSSR count). The predicted molar refractivity (Wildman–Crippen MR) is 85.1 cm³/mol. The van der Waals surface area contributed by atoms with Crippen LogP contribution >= 0.6 is 27.3 Å². The number of sulfonamides is 1. The molecule has 1 heterocycles. The summed E-state index contributed by atoms with van der Waals surface area (Å²) in [5.74, 6) is -0.359. The zero-order chi connectivity index (χ0) is 15.8. The van der Waals surface area contributed by atoms with Crippen molar-refractivity contribution in [2.45, 2.75) is 18.7 Å². The lowest BCUT2D eigenvalue weighted by atomic mass is 10.2. The van der Waals surface area contributed by atoms with Crippen molar-refractivity contribution in [1.82, 2.24) is 4.98 Å². The van der Waals surface area contributed by atoms with Crippen LogP contribution in [0.4, 0.5) is 5.69 Å². The molecule has 0 saturated carbocycles. The normalized spacial score (nSPS) is 11.4. The first kappa shape index (κ1) is 16.1. The molecule has 1 aromatic carbocycles. The maximum absolute atomic E-state index is 12.0. The Bertz CT molecular complexity index is 815. The molecule has 21 heavy (non-hydrogen) atoms. The third kappa shape index (κ3) is 3.67. The van der Waals surface area contributed by atoms with Gasteiger partial charge in [0.1, 0.15) is 5.69 Å². The van der Waals surface area contributed by atoms with E-state index in [2.05, 4.69) is 26.2 Å². The molecule has 0 saturated heterocycles. The molecule has 6 nitrogen and oxygen atoms in total. The summed E-state index contributed by atoms with van der Waals surface area (Å²) in [7, 11) is -3.80. The fraction of sp³-hybridized carbons (Fsp3) is 0.167. The maximum Gasteiger partial charge on any atom is 0.275 e. The summed E-state index contributed by atoms with van der Waals surface area (Å²) in [5.41, 5.74) is 1.22. The lowest BCUT2D eigenvalue weighted by Crippen LogP contribution is -2.16. The van der Waals surface area contributed by atoms with Crippen molar-refractivity contribution in [2.24, 2.45) is 5.14 Å². The largest absolute Gasteiger partial charge is 0.320 e. The van der Waals surface area contributed by atoms with Gasteiger partial charge in [0, 0.05) is 9.85 Å². The minimum atomic E-state index is -3.80. The molecule has 9 heteroatoms. The van der Waals surface area contributed by atoms with E-state index in [1.165, 1.54) is 17.4 Å². The van der Waals surface area contributed by atoms with Crippen molar-refractivity contribution < 1.29 is 13.2 Å². The summed E-state index contributed by atoms with van der Waals surface area (Å²) in [6.45, 7) is 3.41. The molecular weight excluding hydrogens is 378 g/mol. The second kappa shape index (κ2) is 5.84. The van der Waals surface area contributed by atoms with Crippen LogP contribution in [0.25, 0.3) is 0 Å². The highest BCUT2D eigenvalue weighted by Gasteiger charge is 2.17. The third-order valence-corrected chi connectivity index (χ3v) is 5.15. The van der Waals surface area contributed by atoms with Crippen LogP contribution in [0, 0.1) is 13.8 Å². The Morgan fingerprint density at radius 3 is 2.57 bits per heavy atom. The van der Waals surface area contributed by atoms with E-state index in [4.69, 9.17) is 5.14 Å². The van der Waals surface area contributed by atoms with Gasteiger partial charge in [0.15, 0.2) is 0 Å². The molecule has 1 amide bonds. The molecule has 2 aromatic rings. The van der Waals surface area contributed by atoms with E-state index >= 15 is 0 Å². The molecule has 112 valence electrons. The van der Waals surface area contributed by atoms with Crippen molar-refractivity contribution >= 4 is 48.9 Å². The number of carbonyl (C=O) groups excluding carboxylic acids is 1. The number of nitrogens with two attached hydrogens (primary N) is 1. The van der Waals surface area contributed by atoms with E-state index in [1.807, 2.05) is 6.92 Å². The van der Waals surface area contributed by atoms with Gasteiger partial charge in [-0.3, -0.25) is 4.79 Å². The number of halogens is 1. The van der Waals surface area contributed by atoms with Crippen LogP contribution in [0.1, 0.15) is 21.1 Å². The van der Waals surface area contributed by atoms with Crippen molar-refractivity contribution in [2.75, 3.05) is 5.32 Å². The number of aryl methyl sites for hydroxylation is 2. The fourth-order valence-corrected chi connectivity index (χ4v) is 3.70. The number of primary sulfonamides is 1. The minimum absolute atomic E-state index is 0.0110. The third-order valence-electron chi connectivity index (χ3n) is 2.67. The number of hydrogen-bond donors (Lipinski definition) is 2. The summed E-state index contributed by atoms with van der Waals surface area (Å²) in [4.78, 5) is 16.1. The molecule has 0 aliphatic heterocycles. The maximum atomic E-state index is 12.0. The zero-order valence-corrected chi connectivity index (χ0v) is 14.4. The molecule has 0 radical (unpaired) electrons. The van der Waals surface area contributed by atoms with Gasteiger partial charge >= 0.3 is 0 Å². The Kier molecular flexibility index (Phi) is 4.47. The smallest absolute Gasteiger partial charge is 0.275 e. The van der Waals surface area contributed by atoms with Gasteiger partial charge in [-0.2, -0.15) is 0 Å². The number of amides is 1. The van der Waals surface area contributed by atoms with Crippen molar-refractivity contribution in [3.05, 3.63) is 38.3 Å². The molecule has 0 unspecified atom stereocenters. The Labute approximate surface area is 134 Å². The number of aromatic nitrogens is 1. The van der Waals surface area contributed by atoms with Crippen LogP contribution in [-0.2, 0) is 10.0 Å². The Hall–Kier alpha value is -1.29. The fourth-order valence-electron chi connectivity index (χ4n) is 1.72. The average Bonchev–Trinajstić information content (AvgIpc) is 2.78. The molecule has 3 N–H and O–H groups in total. The van der Waals surface area contributed by atoms with Crippen LogP contribution in [0.5, 0.6) is 0 Å². The quantitative estimate of drug-likeness (QED) is 0.840. The van der Waals surface area contributed by atoms with Gasteiger partial charge in [0.25, 0.3) is 5.91 Å². The number of nitrogens with zero attached hydrogens (tertiary/aromatic N) is 1. The van der Waals surface area contributed by atoms with E-state index < -0.39 is 10.0 Å². The van der Waals surface area contributed by atoms with Crippen LogP contribution in [0.3, 0.4) is 0 Å². The van der Waals surface area contributed by atoms with E-state index in [0.717, 1.165) is 5.01 Å². The zero-order valence-electron chi connectivity index (χ0n) is 11.2. The Morgan fingerprint density at radius 2 is 2.05 bits per heavy atom.